The number of hydrogen-bond donors (Lipinski definition) is 1. The van der Waals surface area contributed by atoms with E-state index in [4.69, 9.17) is 11.6 Å². The van der Waals surface area contributed by atoms with Crippen LogP contribution in [0.4, 0.5) is 23.2 Å². The van der Waals surface area contributed by atoms with E-state index in [0.29, 0.717) is 29.6 Å². The maximum absolute atomic E-state index is 13.2. The van der Waals surface area contributed by atoms with Gasteiger partial charge in [0.2, 0.25) is 0 Å². The van der Waals surface area contributed by atoms with Gasteiger partial charge in [-0.25, -0.2) is 4.39 Å². The van der Waals surface area contributed by atoms with Gasteiger partial charge < -0.3 is 5.32 Å². The van der Waals surface area contributed by atoms with Gasteiger partial charge in [0.15, 0.2) is 0 Å². The average molecular weight is 370 g/mol. The molecule has 2 aromatic rings. The summed E-state index contributed by atoms with van der Waals surface area (Å²) in [7, 11) is 0. The maximum Gasteiger partial charge on any atom is 0.417 e. The minimum absolute atomic E-state index is 0.100. The highest BCUT2D eigenvalue weighted by molar-refractivity contribution is 6.35. The Hall–Kier alpha value is -2.34. The maximum atomic E-state index is 13.2. The highest BCUT2D eigenvalue weighted by Crippen LogP contribution is 2.37. The lowest BCUT2D eigenvalue weighted by Gasteiger charge is -2.11. The van der Waals surface area contributed by atoms with Crippen molar-refractivity contribution in [1.29, 1.82) is 0 Å². The fourth-order valence-corrected chi connectivity index (χ4v) is 2.92. The Morgan fingerprint density at radius 2 is 1.88 bits per heavy atom. The van der Waals surface area contributed by atoms with Crippen LogP contribution in [0.15, 0.2) is 36.4 Å². The van der Waals surface area contributed by atoms with E-state index in [0.717, 1.165) is 23.8 Å². The van der Waals surface area contributed by atoms with Crippen LogP contribution in [0.1, 0.15) is 22.3 Å². The lowest BCUT2D eigenvalue weighted by Crippen LogP contribution is -2.09. The molecule has 2 aromatic carbocycles. The van der Waals surface area contributed by atoms with Gasteiger partial charge in [-0.1, -0.05) is 12.1 Å². The molecule has 2 nitrogen and oxygen atoms in total. The average Bonchev–Trinajstić information content (AvgIpc) is 2.84. The second-order valence-electron chi connectivity index (χ2n) is 5.56. The number of hydrogen-bond acceptors (Lipinski definition) is 1. The number of carbonyl (C=O) groups is 1. The number of alkyl halides is 4. The molecule has 1 aliphatic rings. The van der Waals surface area contributed by atoms with Gasteiger partial charge in [0.25, 0.3) is 5.91 Å². The lowest BCUT2D eigenvalue weighted by atomic mass is 9.98. The molecule has 0 bridgehead atoms. The number of amides is 1. The third-order valence-electron chi connectivity index (χ3n) is 3.87. The molecule has 0 aliphatic carbocycles. The van der Waals surface area contributed by atoms with Crippen molar-refractivity contribution in [2.45, 2.75) is 12.6 Å². The molecular weight excluding hydrogens is 358 g/mol. The molecule has 0 fully saturated rings. The molecule has 0 saturated heterocycles. The van der Waals surface area contributed by atoms with Gasteiger partial charge >= 0.3 is 6.18 Å². The van der Waals surface area contributed by atoms with Gasteiger partial charge in [-0.2, -0.15) is 13.2 Å². The highest BCUT2D eigenvalue weighted by atomic mass is 35.5. The van der Waals surface area contributed by atoms with Crippen LogP contribution >= 0.6 is 11.6 Å². The van der Waals surface area contributed by atoms with Crippen molar-refractivity contribution >= 4 is 34.8 Å². The molecular formula is C18H12ClF4NO. The number of benzene rings is 2. The summed E-state index contributed by atoms with van der Waals surface area (Å²) in [6, 6.07) is 7.56. The van der Waals surface area contributed by atoms with E-state index in [9.17, 15) is 22.4 Å². The van der Waals surface area contributed by atoms with Gasteiger partial charge in [-0.15, -0.1) is 11.6 Å². The molecule has 1 N–H and O–H groups in total. The van der Waals surface area contributed by atoms with Crippen molar-refractivity contribution < 1.29 is 22.4 Å². The van der Waals surface area contributed by atoms with E-state index in [1.807, 2.05) is 0 Å². The Morgan fingerprint density at radius 3 is 2.56 bits per heavy atom. The summed E-state index contributed by atoms with van der Waals surface area (Å²) in [5, 5.41) is 2.61. The summed E-state index contributed by atoms with van der Waals surface area (Å²) in [5.74, 6) is -1.11. The van der Waals surface area contributed by atoms with Crippen molar-refractivity contribution in [2.75, 3.05) is 11.2 Å². The zero-order valence-corrected chi connectivity index (χ0v) is 13.5. The molecule has 1 amide bonds. The number of halogens is 5. The van der Waals surface area contributed by atoms with Crippen molar-refractivity contribution in [1.82, 2.24) is 0 Å². The van der Waals surface area contributed by atoms with Crippen LogP contribution in [-0.2, 0) is 17.4 Å². The summed E-state index contributed by atoms with van der Waals surface area (Å²) in [6.07, 6.45) is -3.03. The molecule has 0 aromatic heterocycles. The summed E-state index contributed by atoms with van der Waals surface area (Å²) < 4.78 is 52.7. The van der Waals surface area contributed by atoms with E-state index in [1.165, 1.54) is 0 Å². The number of anilines is 1. The van der Waals surface area contributed by atoms with Crippen LogP contribution in [-0.4, -0.2) is 11.8 Å². The summed E-state index contributed by atoms with van der Waals surface area (Å²) in [6.45, 7) is 0. The SMILES string of the molecule is O=C1Nc2ccc(CCCl)cc2C1=Cc1ccc(F)cc1C(F)(F)F. The smallest absolute Gasteiger partial charge is 0.321 e. The first-order valence-corrected chi connectivity index (χ1v) is 7.92. The van der Waals surface area contributed by atoms with Crippen LogP contribution in [0.25, 0.3) is 11.6 Å². The molecule has 0 radical (unpaired) electrons. The van der Waals surface area contributed by atoms with Crippen LogP contribution in [0.2, 0.25) is 0 Å². The first kappa shape index (κ1) is 17.5. The minimum atomic E-state index is -4.73. The molecule has 0 atom stereocenters. The molecule has 3 rings (SSSR count). The molecule has 1 aliphatic heterocycles. The molecule has 0 saturated carbocycles. The zero-order chi connectivity index (χ0) is 18.2. The lowest BCUT2D eigenvalue weighted by molar-refractivity contribution is -0.137. The zero-order valence-electron chi connectivity index (χ0n) is 12.8. The highest BCUT2D eigenvalue weighted by Gasteiger charge is 2.34. The van der Waals surface area contributed by atoms with E-state index in [1.54, 1.807) is 18.2 Å². The topological polar surface area (TPSA) is 29.1 Å². The quantitative estimate of drug-likeness (QED) is 0.454. The van der Waals surface area contributed by atoms with Crippen LogP contribution in [0.3, 0.4) is 0 Å². The normalized spacial score (nSPS) is 15.4. The summed E-state index contributed by atoms with van der Waals surface area (Å²) in [5.41, 5.74) is 0.595. The fourth-order valence-electron chi connectivity index (χ4n) is 2.70. The molecule has 1 heterocycles. The van der Waals surface area contributed by atoms with Crippen LogP contribution in [0.5, 0.6) is 0 Å². The van der Waals surface area contributed by atoms with Gasteiger partial charge in [0.1, 0.15) is 5.82 Å². The van der Waals surface area contributed by atoms with Crippen molar-refractivity contribution in [2.24, 2.45) is 0 Å². The van der Waals surface area contributed by atoms with Crippen LogP contribution < -0.4 is 5.32 Å². The van der Waals surface area contributed by atoms with Gasteiger partial charge in [-0.3, -0.25) is 4.79 Å². The summed E-state index contributed by atoms with van der Waals surface area (Å²) in [4.78, 5) is 12.2. The third-order valence-corrected chi connectivity index (χ3v) is 4.06. The molecule has 25 heavy (non-hydrogen) atoms. The van der Waals surface area contributed by atoms with E-state index < -0.39 is 23.5 Å². The monoisotopic (exact) mass is 369 g/mol. The summed E-state index contributed by atoms with van der Waals surface area (Å²) >= 11 is 5.71. The Morgan fingerprint density at radius 1 is 1.12 bits per heavy atom. The number of nitrogens with one attached hydrogen (secondary N) is 1. The molecule has 130 valence electrons. The number of rotatable bonds is 3. The number of fused-ring (bicyclic) bond motifs is 1. The second kappa shape index (κ2) is 6.52. The van der Waals surface area contributed by atoms with Crippen molar-refractivity contribution in [3.05, 3.63) is 64.5 Å². The van der Waals surface area contributed by atoms with Gasteiger partial charge in [-0.05, 0) is 47.9 Å². The Kier molecular flexibility index (Phi) is 4.56. The van der Waals surface area contributed by atoms with E-state index in [-0.39, 0.29) is 11.1 Å². The Labute approximate surface area is 146 Å². The predicted octanol–water partition coefficient (Wildman–Crippen LogP) is 5.12. The van der Waals surface area contributed by atoms with Gasteiger partial charge in [0, 0.05) is 22.7 Å². The molecule has 0 spiro atoms. The number of carbonyl (C=O) groups excluding carboxylic acids is 1. The Bertz CT molecular complexity index is 874. The standard InChI is InChI=1S/C18H12ClF4NO/c19-6-5-10-1-4-16-13(7-10)14(17(25)24-16)8-11-2-3-12(20)9-15(11)18(21,22)23/h1-4,7-9H,5-6H2,(H,24,25). The minimum Gasteiger partial charge on any atom is -0.321 e. The first-order chi connectivity index (χ1) is 11.8. The largest absolute Gasteiger partial charge is 0.417 e. The first-order valence-electron chi connectivity index (χ1n) is 7.38. The van der Waals surface area contributed by atoms with E-state index >= 15 is 0 Å². The fraction of sp³-hybridized carbons (Fsp3) is 0.167. The third kappa shape index (κ3) is 3.54. The predicted molar refractivity (Wildman–Crippen MR) is 88.8 cm³/mol. The van der Waals surface area contributed by atoms with E-state index in [2.05, 4.69) is 5.32 Å². The second-order valence-corrected chi connectivity index (χ2v) is 5.94. The molecule has 7 heteroatoms. The van der Waals surface area contributed by atoms with Crippen LogP contribution in [0, 0.1) is 5.82 Å². The van der Waals surface area contributed by atoms with Gasteiger partial charge in [0.05, 0.1) is 5.56 Å². The Balaban J connectivity index is 2.12. The molecule has 0 unspecified atom stereocenters. The van der Waals surface area contributed by atoms with Crippen molar-refractivity contribution in [3.8, 4) is 0 Å². The number of aryl methyl sites for hydroxylation is 1. The van der Waals surface area contributed by atoms with Crippen molar-refractivity contribution in [3.63, 3.8) is 0 Å².